The minimum atomic E-state index is -4.58. The summed E-state index contributed by atoms with van der Waals surface area (Å²) in [5.74, 6) is -0.569. The lowest BCUT2D eigenvalue weighted by molar-refractivity contribution is -0.138. The van der Waals surface area contributed by atoms with Gasteiger partial charge in [0.15, 0.2) is 5.56 Å². The Bertz CT molecular complexity index is 791. The Morgan fingerprint density at radius 3 is 1.85 bits per heavy atom. The maximum Gasteiger partial charge on any atom is 0.425 e. The Morgan fingerprint density at radius 2 is 1.42 bits per heavy atom. The molecular weight excluding hydrogens is 343 g/mol. The molecule has 0 spiro atoms. The zero-order valence-corrected chi connectivity index (χ0v) is 14.1. The van der Waals surface area contributed by atoms with Crippen LogP contribution in [0.2, 0.25) is 0 Å². The maximum absolute atomic E-state index is 13.6. The van der Waals surface area contributed by atoms with Gasteiger partial charge in [-0.15, -0.1) is 5.10 Å². The fourth-order valence-corrected chi connectivity index (χ4v) is 2.77. The van der Waals surface area contributed by atoms with E-state index in [0.717, 1.165) is 11.1 Å². The predicted molar refractivity (Wildman–Crippen MR) is 92.9 cm³/mol. The van der Waals surface area contributed by atoms with Crippen molar-refractivity contribution in [2.75, 3.05) is 12.0 Å². The highest BCUT2D eigenvalue weighted by molar-refractivity contribution is 5.54. The standard InChI is InChI=1S/C19H18F3N3O/c1-26-18-16(19(20,21)22)17(23-24-18)25(12-14-8-4-2-5-9-14)13-15-10-6-3-7-11-15/h2-11H,12-13H2,1H3,(H,23,24). The Kier molecular flexibility index (Phi) is 5.16. The largest absolute Gasteiger partial charge is 0.479 e. The van der Waals surface area contributed by atoms with E-state index in [2.05, 4.69) is 10.2 Å². The summed E-state index contributed by atoms with van der Waals surface area (Å²) in [4.78, 5) is 1.61. The fourth-order valence-electron chi connectivity index (χ4n) is 2.77. The molecule has 1 N–H and O–H groups in total. The first-order valence-electron chi connectivity index (χ1n) is 8.01. The number of benzene rings is 2. The minimum Gasteiger partial charge on any atom is -0.479 e. The molecule has 0 saturated heterocycles. The van der Waals surface area contributed by atoms with Crippen molar-refractivity contribution >= 4 is 5.82 Å². The Hall–Kier alpha value is -2.96. The molecule has 0 amide bonds. The van der Waals surface area contributed by atoms with Crippen LogP contribution in [0.15, 0.2) is 60.7 Å². The number of hydrogen-bond acceptors (Lipinski definition) is 3. The van der Waals surface area contributed by atoms with Gasteiger partial charge in [0.05, 0.1) is 7.11 Å². The number of aromatic nitrogens is 2. The molecule has 0 unspecified atom stereocenters. The van der Waals surface area contributed by atoms with E-state index >= 15 is 0 Å². The Morgan fingerprint density at radius 1 is 0.923 bits per heavy atom. The van der Waals surface area contributed by atoms with Gasteiger partial charge in [-0.05, 0) is 11.1 Å². The van der Waals surface area contributed by atoms with Crippen molar-refractivity contribution in [3.05, 3.63) is 77.4 Å². The van der Waals surface area contributed by atoms with Crippen molar-refractivity contribution in [3.8, 4) is 5.88 Å². The van der Waals surface area contributed by atoms with Crippen molar-refractivity contribution < 1.29 is 17.9 Å². The van der Waals surface area contributed by atoms with Crippen LogP contribution in [0, 0.1) is 0 Å². The topological polar surface area (TPSA) is 41.1 Å². The molecule has 3 aromatic rings. The lowest BCUT2D eigenvalue weighted by Crippen LogP contribution is -2.25. The second kappa shape index (κ2) is 7.51. The third-order valence-corrected chi connectivity index (χ3v) is 3.94. The van der Waals surface area contributed by atoms with Gasteiger partial charge in [0, 0.05) is 13.1 Å². The SMILES string of the molecule is COc1n[nH]c(N(Cc2ccccc2)Cc2ccccc2)c1C(F)(F)F. The second-order valence-electron chi connectivity index (χ2n) is 5.78. The monoisotopic (exact) mass is 361 g/mol. The number of alkyl halides is 3. The first kappa shape index (κ1) is 17.8. The molecule has 0 aliphatic carbocycles. The van der Waals surface area contributed by atoms with Crippen molar-refractivity contribution in [1.29, 1.82) is 0 Å². The van der Waals surface area contributed by atoms with Crippen LogP contribution in [-0.4, -0.2) is 17.3 Å². The van der Waals surface area contributed by atoms with Crippen LogP contribution in [0.4, 0.5) is 19.0 Å². The van der Waals surface area contributed by atoms with E-state index < -0.39 is 17.6 Å². The van der Waals surface area contributed by atoms with Crippen molar-refractivity contribution in [1.82, 2.24) is 10.2 Å². The third-order valence-electron chi connectivity index (χ3n) is 3.94. The summed E-state index contributed by atoms with van der Waals surface area (Å²) in [6.07, 6.45) is -4.58. The number of nitrogens with one attached hydrogen (secondary N) is 1. The average Bonchev–Trinajstić information content (AvgIpc) is 3.07. The summed E-state index contributed by atoms with van der Waals surface area (Å²) in [5, 5.41) is 6.20. The zero-order valence-electron chi connectivity index (χ0n) is 14.1. The Labute approximate surface area is 149 Å². The van der Waals surface area contributed by atoms with Gasteiger partial charge in [-0.1, -0.05) is 60.7 Å². The van der Waals surface area contributed by atoms with Crippen LogP contribution >= 0.6 is 0 Å². The lowest BCUT2D eigenvalue weighted by atomic mass is 10.1. The molecule has 0 saturated carbocycles. The summed E-state index contributed by atoms with van der Waals surface area (Å²) in [5.41, 5.74) is 0.891. The van der Waals surface area contributed by atoms with E-state index in [0.29, 0.717) is 13.1 Å². The molecule has 7 heteroatoms. The van der Waals surface area contributed by atoms with Gasteiger partial charge in [0.1, 0.15) is 5.82 Å². The van der Waals surface area contributed by atoms with Crippen LogP contribution < -0.4 is 9.64 Å². The van der Waals surface area contributed by atoms with Crippen LogP contribution in [0.1, 0.15) is 16.7 Å². The molecule has 3 rings (SSSR count). The number of anilines is 1. The summed E-state index contributed by atoms with van der Waals surface area (Å²) < 4.78 is 45.6. The maximum atomic E-state index is 13.6. The van der Waals surface area contributed by atoms with Gasteiger partial charge >= 0.3 is 6.18 Å². The van der Waals surface area contributed by atoms with Crippen molar-refractivity contribution in [3.63, 3.8) is 0 Å². The number of methoxy groups -OCH3 is 1. The smallest absolute Gasteiger partial charge is 0.425 e. The first-order chi connectivity index (χ1) is 12.5. The Balaban J connectivity index is 2.02. The highest BCUT2D eigenvalue weighted by atomic mass is 19.4. The summed E-state index contributed by atoms with van der Waals surface area (Å²) >= 11 is 0. The fraction of sp³-hybridized carbons (Fsp3) is 0.211. The molecule has 4 nitrogen and oxygen atoms in total. The molecular formula is C19H18F3N3O. The predicted octanol–water partition coefficient (Wildman–Crippen LogP) is 4.64. The van der Waals surface area contributed by atoms with Crippen molar-refractivity contribution in [2.24, 2.45) is 0 Å². The van der Waals surface area contributed by atoms with E-state index in [1.807, 2.05) is 60.7 Å². The summed E-state index contributed by atoms with van der Waals surface area (Å²) in [6, 6.07) is 18.6. The zero-order chi connectivity index (χ0) is 18.6. The average molecular weight is 361 g/mol. The number of H-pyrrole nitrogens is 1. The molecule has 0 atom stereocenters. The highest BCUT2D eigenvalue weighted by Gasteiger charge is 2.41. The van der Waals surface area contributed by atoms with Crippen LogP contribution in [0.5, 0.6) is 5.88 Å². The van der Waals surface area contributed by atoms with E-state index in [4.69, 9.17) is 4.74 Å². The molecule has 0 aliphatic heterocycles. The highest BCUT2D eigenvalue weighted by Crippen LogP contribution is 2.41. The summed E-state index contributed by atoms with van der Waals surface area (Å²) in [6.45, 7) is 0.592. The van der Waals surface area contributed by atoms with Crippen LogP contribution in [-0.2, 0) is 19.3 Å². The number of aromatic amines is 1. The number of rotatable bonds is 6. The molecule has 0 bridgehead atoms. The third kappa shape index (κ3) is 3.99. The van der Waals surface area contributed by atoms with Gasteiger partial charge in [-0.3, -0.25) is 5.10 Å². The van der Waals surface area contributed by atoms with Gasteiger partial charge in [0.2, 0.25) is 5.88 Å². The molecule has 0 fully saturated rings. The van der Waals surface area contributed by atoms with Gasteiger partial charge in [0.25, 0.3) is 0 Å². The van der Waals surface area contributed by atoms with E-state index in [9.17, 15) is 13.2 Å². The van der Waals surface area contributed by atoms with Gasteiger partial charge in [-0.25, -0.2) is 0 Å². The van der Waals surface area contributed by atoms with E-state index in [1.54, 1.807) is 4.90 Å². The molecule has 1 heterocycles. The van der Waals surface area contributed by atoms with Crippen LogP contribution in [0.3, 0.4) is 0 Å². The van der Waals surface area contributed by atoms with Crippen molar-refractivity contribution in [2.45, 2.75) is 19.3 Å². The van der Waals surface area contributed by atoms with Gasteiger partial charge < -0.3 is 9.64 Å². The molecule has 136 valence electrons. The quantitative estimate of drug-likeness (QED) is 0.695. The normalized spacial score (nSPS) is 11.4. The van der Waals surface area contributed by atoms with Gasteiger partial charge in [-0.2, -0.15) is 13.2 Å². The molecule has 0 aliphatic rings. The molecule has 26 heavy (non-hydrogen) atoms. The molecule has 2 aromatic carbocycles. The number of nitrogens with zero attached hydrogens (tertiary/aromatic N) is 2. The number of hydrogen-bond donors (Lipinski definition) is 1. The second-order valence-corrected chi connectivity index (χ2v) is 5.78. The van der Waals surface area contributed by atoms with E-state index in [1.165, 1.54) is 7.11 Å². The first-order valence-corrected chi connectivity index (χ1v) is 8.01. The lowest BCUT2D eigenvalue weighted by Gasteiger charge is -2.25. The van der Waals surface area contributed by atoms with Crippen LogP contribution in [0.25, 0.3) is 0 Å². The molecule has 1 aromatic heterocycles. The molecule has 0 radical (unpaired) electrons. The van der Waals surface area contributed by atoms with E-state index in [-0.39, 0.29) is 5.82 Å². The number of ether oxygens (including phenoxy) is 1. The number of halogens is 3. The minimum absolute atomic E-state index is 0.109. The summed E-state index contributed by atoms with van der Waals surface area (Å²) in [7, 11) is 1.17.